The van der Waals surface area contributed by atoms with Crippen molar-refractivity contribution in [3.63, 3.8) is 0 Å². The molecule has 7 atom stereocenters. The van der Waals surface area contributed by atoms with Gasteiger partial charge in [0.25, 0.3) is 0 Å². The molecule has 0 radical (unpaired) electrons. The third-order valence-corrected chi connectivity index (χ3v) is 9.13. The molecule has 0 saturated heterocycles. The number of hydrogen-bond donors (Lipinski definition) is 13. The summed E-state index contributed by atoms with van der Waals surface area (Å²) in [6.45, 7) is 4.89. The number of phenolic OH excluding ortho intramolecular Hbond substituents is 1. The number of rotatable bonds is 29. The molecular weight excluding hydrogens is 774 g/mol. The van der Waals surface area contributed by atoms with Crippen molar-refractivity contribution in [1.29, 1.82) is 0 Å². The fourth-order valence-electron chi connectivity index (χ4n) is 5.71. The molecule has 0 saturated carbocycles. The number of hydrogen-bond acceptors (Lipinski definition) is 13. The van der Waals surface area contributed by atoms with Crippen LogP contribution in [-0.4, -0.2) is 130 Å². The van der Waals surface area contributed by atoms with Crippen LogP contribution < -0.4 is 49.1 Å². The second-order valence-corrected chi connectivity index (χ2v) is 14.6. The molecule has 0 bridgehead atoms. The molecule has 1 unspecified atom stereocenters. The van der Waals surface area contributed by atoms with E-state index in [4.69, 9.17) is 17.2 Å². The van der Waals surface area contributed by atoms with Crippen LogP contribution >= 0.6 is 0 Å². The summed E-state index contributed by atoms with van der Waals surface area (Å²) in [6, 6.07) is -2.31. The molecule has 0 aliphatic rings. The van der Waals surface area contributed by atoms with Crippen LogP contribution in [0, 0.1) is 5.92 Å². The van der Waals surface area contributed by atoms with E-state index in [-0.39, 0.29) is 56.9 Å². The van der Waals surface area contributed by atoms with E-state index in [1.165, 1.54) is 26.0 Å². The van der Waals surface area contributed by atoms with Crippen LogP contribution in [0.3, 0.4) is 0 Å². The lowest BCUT2D eigenvalue weighted by Crippen LogP contribution is -2.61. The van der Waals surface area contributed by atoms with Crippen molar-refractivity contribution in [2.45, 2.75) is 127 Å². The normalized spacial score (nSPS) is 14.6. The number of carbonyl (C=O) groups excluding carboxylic acids is 6. The van der Waals surface area contributed by atoms with Crippen molar-refractivity contribution in [1.82, 2.24) is 31.9 Å². The minimum atomic E-state index is -1.75. The first-order chi connectivity index (χ1) is 27.8. The Hall–Kier alpha value is -5.38. The van der Waals surface area contributed by atoms with Gasteiger partial charge in [0.1, 0.15) is 36.0 Å². The Bertz CT molecular complexity index is 1540. The Labute approximate surface area is 343 Å². The average Bonchev–Trinajstić information content (AvgIpc) is 3.16. The third kappa shape index (κ3) is 20.2. The number of aliphatic hydroxyl groups excluding tert-OH is 1. The van der Waals surface area contributed by atoms with E-state index in [9.17, 15) is 58.8 Å². The quantitative estimate of drug-likeness (QED) is 0.0369. The molecule has 21 nitrogen and oxygen atoms in total. The number of aliphatic hydroxyl groups is 1. The lowest BCUT2D eigenvalue weighted by molar-refractivity contribution is -0.144. The van der Waals surface area contributed by atoms with Crippen LogP contribution in [0.5, 0.6) is 5.75 Å². The Balaban J connectivity index is 3.33. The van der Waals surface area contributed by atoms with E-state index in [2.05, 4.69) is 31.9 Å². The third-order valence-electron chi connectivity index (χ3n) is 9.13. The number of aromatic hydroxyl groups is 1. The van der Waals surface area contributed by atoms with Crippen LogP contribution in [0.25, 0.3) is 0 Å². The number of nitrogens with one attached hydrogen (secondary N) is 6. The number of nitrogens with two attached hydrogens (primary N) is 3. The van der Waals surface area contributed by atoms with E-state index in [0.29, 0.717) is 31.4 Å². The summed E-state index contributed by atoms with van der Waals surface area (Å²) >= 11 is 0. The summed E-state index contributed by atoms with van der Waals surface area (Å²) in [5.74, 6) is -8.02. The van der Waals surface area contributed by atoms with Gasteiger partial charge in [-0.2, -0.15) is 0 Å². The molecule has 21 heteroatoms. The standard InChI is InChI=1S/C38H63N9O12/c1-21(2)31(38(58)59)46-36(56)28(14-15-30(51)52)45-37(57)32(22(3)48)47-35(55)27(9-5-7-19-42-29(50)16-18-40)44-34(54)26(8-4-6-17-39)43-33(53)25(41)20-23-10-12-24(49)13-11-23/h10-13,21-22,25-28,31-32,48-49H,4-9,14-20,39-41H2,1-3H3,(H,42,50)(H,43,53)(H,44,54)(H,45,57)(H,46,56)(H,47,55)(H,51,52)(H,58,59)/t22-,25-,26-,27-,28-,31-,32?/m0/s1. The Kier molecular flexibility index (Phi) is 23.9. The fraction of sp³-hybridized carbons (Fsp3) is 0.632. The smallest absolute Gasteiger partial charge is 0.326 e. The molecule has 0 heterocycles. The molecule has 0 spiro atoms. The first-order valence-corrected chi connectivity index (χ1v) is 19.7. The van der Waals surface area contributed by atoms with Crippen molar-refractivity contribution in [2.24, 2.45) is 23.1 Å². The summed E-state index contributed by atoms with van der Waals surface area (Å²) in [5, 5.41) is 53.8. The van der Waals surface area contributed by atoms with E-state index in [1.54, 1.807) is 12.1 Å². The molecule has 16 N–H and O–H groups in total. The van der Waals surface area contributed by atoms with Crippen LogP contribution in [0.1, 0.15) is 84.1 Å². The van der Waals surface area contributed by atoms with Gasteiger partial charge in [0, 0.05) is 25.9 Å². The van der Waals surface area contributed by atoms with Crippen LogP contribution in [-0.2, 0) is 44.8 Å². The second kappa shape index (κ2) is 27.3. The molecule has 59 heavy (non-hydrogen) atoms. The molecular formula is C38H63N9O12. The highest BCUT2D eigenvalue weighted by molar-refractivity contribution is 5.96. The van der Waals surface area contributed by atoms with E-state index < -0.39 is 103 Å². The maximum absolute atomic E-state index is 13.9. The molecule has 0 fully saturated rings. The monoisotopic (exact) mass is 837 g/mol. The van der Waals surface area contributed by atoms with E-state index in [0.717, 1.165) is 6.92 Å². The van der Waals surface area contributed by atoms with E-state index in [1.807, 2.05) is 0 Å². The van der Waals surface area contributed by atoms with Gasteiger partial charge in [-0.25, -0.2) is 4.79 Å². The Morgan fingerprint density at radius 2 is 1.14 bits per heavy atom. The zero-order valence-corrected chi connectivity index (χ0v) is 33.9. The summed E-state index contributed by atoms with van der Waals surface area (Å²) in [5.41, 5.74) is 17.9. The van der Waals surface area contributed by atoms with Crippen molar-refractivity contribution >= 4 is 47.4 Å². The first kappa shape index (κ1) is 51.6. The number of carboxylic acid groups (broad SMARTS) is 2. The van der Waals surface area contributed by atoms with Crippen molar-refractivity contribution in [3.05, 3.63) is 29.8 Å². The molecule has 0 aromatic heterocycles. The number of benzene rings is 1. The van der Waals surface area contributed by atoms with Crippen LogP contribution in [0.4, 0.5) is 0 Å². The zero-order valence-electron chi connectivity index (χ0n) is 33.9. The van der Waals surface area contributed by atoms with Gasteiger partial charge in [-0.15, -0.1) is 0 Å². The van der Waals surface area contributed by atoms with E-state index >= 15 is 0 Å². The van der Waals surface area contributed by atoms with Gasteiger partial charge in [0.15, 0.2) is 0 Å². The van der Waals surface area contributed by atoms with Gasteiger partial charge >= 0.3 is 11.9 Å². The number of carboxylic acids is 2. The highest BCUT2D eigenvalue weighted by Gasteiger charge is 2.35. The fourth-order valence-corrected chi connectivity index (χ4v) is 5.71. The topological polar surface area (TPSA) is 368 Å². The highest BCUT2D eigenvalue weighted by atomic mass is 16.4. The second-order valence-electron chi connectivity index (χ2n) is 14.6. The average molecular weight is 838 g/mol. The molecule has 1 aromatic rings. The largest absolute Gasteiger partial charge is 0.508 e. The highest BCUT2D eigenvalue weighted by Crippen LogP contribution is 2.12. The predicted molar refractivity (Wildman–Crippen MR) is 214 cm³/mol. The maximum atomic E-state index is 13.9. The number of unbranched alkanes of at least 4 members (excludes halogenated alkanes) is 2. The van der Waals surface area contributed by atoms with Crippen molar-refractivity contribution in [2.75, 3.05) is 19.6 Å². The van der Waals surface area contributed by atoms with Gasteiger partial charge in [-0.05, 0) is 88.4 Å². The van der Waals surface area contributed by atoms with Crippen molar-refractivity contribution < 1.29 is 58.8 Å². The predicted octanol–water partition coefficient (Wildman–Crippen LogP) is -2.56. The molecule has 332 valence electrons. The first-order valence-electron chi connectivity index (χ1n) is 19.7. The lowest BCUT2D eigenvalue weighted by atomic mass is 10.0. The molecule has 0 aliphatic carbocycles. The molecule has 0 aliphatic heterocycles. The van der Waals surface area contributed by atoms with Crippen LogP contribution in [0.15, 0.2) is 24.3 Å². The zero-order chi connectivity index (χ0) is 44.7. The Morgan fingerprint density at radius 3 is 1.64 bits per heavy atom. The van der Waals surface area contributed by atoms with Gasteiger partial charge in [-0.1, -0.05) is 26.0 Å². The Morgan fingerprint density at radius 1 is 0.627 bits per heavy atom. The minimum Gasteiger partial charge on any atom is -0.508 e. The maximum Gasteiger partial charge on any atom is 0.326 e. The summed E-state index contributed by atoms with van der Waals surface area (Å²) in [4.78, 5) is 102. The van der Waals surface area contributed by atoms with Gasteiger partial charge in [-0.3, -0.25) is 33.6 Å². The minimum absolute atomic E-state index is 0.0267. The van der Waals surface area contributed by atoms with Gasteiger partial charge < -0.3 is 69.5 Å². The molecule has 6 amide bonds. The number of phenols is 1. The SMILES string of the molecule is CC(C)[C@H](NC(=O)[C@H](CCC(=O)O)NC(=O)C(NC(=O)[C@H](CCCCNC(=O)CCN)NC(=O)[C@H](CCCCN)NC(=O)[C@@H](N)Cc1ccc(O)cc1)[C@H](C)O)C(=O)O. The van der Waals surface area contributed by atoms with Crippen molar-refractivity contribution in [3.8, 4) is 5.75 Å². The lowest BCUT2D eigenvalue weighted by Gasteiger charge is -2.28. The van der Waals surface area contributed by atoms with Gasteiger partial charge in [0.2, 0.25) is 35.4 Å². The molecule has 1 aromatic carbocycles. The number of amides is 6. The molecule has 1 rings (SSSR count). The summed E-state index contributed by atoms with van der Waals surface area (Å²) in [7, 11) is 0. The number of carbonyl (C=O) groups is 8. The van der Waals surface area contributed by atoms with Crippen LogP contribution in [0.2, 0.25) is 0 Å². The number of aliphatic carboxylic acids is 2. The summed E-state index contributed by atoms with van der Waals surface area (Å²) in [6.07, 6.45) is -0.888. The summed E-state index contributed by atoms with van der Waals surface area (Å²) < 4.78 is 0. The van der Waals surface area contributed by atoms with Gasteiger partial charge in [0.05, 0.1) is 12.1 Å².